The van der Waals surface area contributed by atoms with Gasteiger partial charge in [-0.15, -0.1) is 0 Å². The molecule has 148 valence electrons. The van der Waals surface area contributed by atoms with E-state index >= 15 is 0 Å². The monoisotopic (exact) mass is 441 g/mol. The maximum absolute atomic E-state index is 11.6. The quantitative estimate of drug-likeness (QED) is 0.519. The Morgan fingerprint density at radius 2 is 1.96 bits per heavy atom. The van der Waals surface area contributed by atoms with Crippen LogP contribution in [0.1, 0.15) is 11.7 Å². The molecule has 0 radical (unpaired) electrons. The number of aromatic nitrogens is 2. The van der Waals surface area contributed by atoms with Gasteiger partial charge in [-0.3, -0.25) is 0 Å². The number of H-pyrrole nitrogens is 1. The van der Waals surface area contributed by atoms with Gasteiger partial charge in [-0.05, 0) is 17.7 Å². The molecule has 28 heavy (non-hydrogen) atoms. The smallest absolute Gasteiger partial charge is 0.239 e. The molecule has 4 rings (SSSR count). The van der Waals surface area contributed by atoms with E-state index in [2.05, 4.69) is 9.97 Å². The first-order chi connectivity index (χ1) is 13.3. The number of halogens is 1. The number of thioether (sulfide) groups is 1. The topological polar surface area (TPSA) is 128 Å². The van der Waals surface area contributed by atoms with Crippen LogP contribution >= 0.6 is 23.4 Å². The number of nitrogens with two attached hydrogens (primary N) is 1. The first-order valence-electron chi connectivity index (χ1n) is 8.24. The Balaban J connectivity index is 1.51. The summed E-state index contributed by atoms with van der Waals surface area (Å²) in [6, 6.07) is 7.87. The van der Waals surface area contributed by atoms with Gasteiger partial charge in [0.25, 0.3) is 0 Å². The average Bonchev–Trinajstić information content (AvgIpc) is 3.05. The van der Waals surface area contributed by atoms with Crippen molar-refractivity contribution in [1.82, 2.24) is 9.97 Å². The molecular formula is C17H16ClN3O5S2. The molecule has 1 aromatic heterocycles. The fraction of sp³-hybridized carbons (Fsp3) is 0.235. The van der Waals surface area contributed by atoms with Crippen LogP contribution in [0.15, 0.2) is 40.4 Å². The number of sulfonamides is 1. The van der Waals surface area contributed by atoms with Gasteiger partial charge in [-0.25, -0.2) is 18.5 Å². The van der Waals surface area contributed by atoms with Crippen LogP contribution in [0.5, 0.6) is 11.5 Å². The van der Waals surface area contributed by atoms with Gasteiger partial charge in [0, 0.05) is 17.9 Å². The van der Waals surface area contributed by atoms with E-state index in [1.165, 1.54) is 23.9 Å². The highest BCUT2D eigenvalue weighted by Crippen LogP contribution is 2.35. The molecule has 0 saturated heterocycles. The van der Waals surface area contributed by atoms with Crippen LogP contribution in [-0.2, 0) is 10.0 Å². The number of aliphatic hydroxyl groups is 1. The molecule has 2 aromatic carbocycles. The summed E-state index contributed by atoms with van der Waals surface area (Å²) >= 11 is 7.17. The molecule has 1 atom stereocenters. The number of rotatable bonds is 5. The maximum Gasteiger partial charge on any atom is 0.239 e. The van der Waals surface area contributed by atoms with E-state index in [4.69, 9.17) is 26.2 Å². The fourth-order valence-electron chi connectivity index (χ4n) is 2.79. The minimum Gasteiger partial charge on any atom is -0.486 e. The van der Waals surface area contributed by atoms with E-state index in [0.29, 0.717) is 35.4 Å². The molecule has 0 saturated carbocycles. The minimum absolute atomic E-state index is 0.0109. The van der Waals surface area contributed by atoms with Crippen LogP contribution < -0.4 is 14.6 Å². The molecule has 0 spiro atoms. The van der Waals surface area contributed by atoms with Crippen LogP contribution in [0.2, 0.25) is 5.02 Å². The van der Waals surface area contributed by atoms with Gasteiger partial charge >= 0.3 is 0 Å². The minimum atomic E-state index is -3.97. The number of hydrogen-bond donors (Lipinski definition) is 3. The lowest BCUT2D eigenvalue weighted by Crippen LogP contribution is -2.15. The van der Waals surface area contributed by atoms with Crippen molar-refractivity contribution in [3.63, 3.8) is 0 Å². The van der Waals surface area contributed by atoms with Gasteiger partial charge in [0.15, 0.2) is 16.7 Å². The van der Waals surface area contributed by atoms with E-state index in [-0.39, 0.29) is 15.7 Å². The van der Waals surface area contributed by atoms with Crippen molar-refractivity contribution in [2.24, 2.45) is 5.14 Å². The highest BCUT2D eigenvalue weighted by atomic mass is 35.5. The molecule has 0 aliphatic carbocycles. The number of primary sulfonamides is 1. The number of nitrogens with zero attached hydrogens (tertiary/aromatic N) is 1. The molecule has 1 aliphatic heterocycles. The lowest BCUT2D eigenvalue weighted by Gasteiger charge is -2.17. The predicted octanol–water partition coefficient (Wildman–Crippen LogP) is 2.46. The Labute approximate surface area is 170 Å². The number of aliphatic hydroxyl groups excluding tert-OH is 1. The summed E-state index contributed by atoms with van der Waals surface area (Å²) in [5.41, 5.74) is 1.92. The van der Waals surface area contributed by atoms with Gasteiger partial charge in [0.05, 0.1) is 22.2 Å². The molecule has 3 aromatic rings. The van der Waals surface area contributed by atoms with Gasteiger partial charge in [0.1, 0.15) is 18.1 Å². The number of imidazole rings is 1. The summed E-state index contributed by atoms with van der Waals surface area (Å²) in [6.07, 6.45) is -0.934. The van der Waals surface area contributed by atoms with Crippen molar-refractivity contribution in [3.05, 3.63) is 40.9 Å². The first-order valence-corrected chi connectivity index (χ1v) is 11.1. The standard InChI is InChI=1S/C17H16ClN3O5S2/c18-10-2-1-9(5-16(10)28(19,23)24)13(22)8-27-17-20-11-6-14-15(7-12(11)21-17)26-4-3-25-14/h1-2,5-7,13,22H,3-4,8H2,(H,20,21)(H2,19,23,24). The Morgan fingerprint density at radius 3 is 2.68 bits per heavy atom. The van der Waals surface area contributed by atoms with Crippen LogP contribution in [0.25, 0.3) is 11.0 Å². The zero-order valence-corrected chi connectivity index (χ0v) is 16.8. The number of nitrogens with one attached hydrogen (secondary N) is 1. The molecule has 4 N–H and O–H groups in total. The highest BCUT2D eigenvalue weighted by molar-refractivity contribution is 7.99. The normalized spacial score (nSPS) is 15.0. The largest absolute Gasteiger partial charge is 0.486 e. The van der Waals surface area contributed by atoms with Crippen molar-refractivity contribution in [2.75, 3.05) is 19.0 Å². The van der Waals surface area contributed by atoms with E-state index in [1.807, 2.05) is 6.07 Å². The number of aromatic amines is 1. The lowest BCUT2D eigenvalue weighted by atomic mass is 10.1. The summed E-state index contributed by atoms with van der Waals surface area (Å²) in [7, 11) is -3.97. The van der Waals surface area contributed by atoms with Crippen molar-refractivity contribution in [2.45, 2.75) is 16.2 Å². The average molecular weight is 442 g/mol. The van der Waals surface area contributed by atoms with E-state index < -0.39 is 16.1 Å². The summed E-state index contributed by atoms with van der Waals surface area (Å²) in [4.78, 5) is 7.43. The third-order valence-electron chi connectivity index (χ3n) is 4.15. The van der Waals surface area contributed by atoms with Crippen molar-refractivity contribution in [3.8, 4) is 11.5 Å². The second kappa shape index (κ2) is 7.45. The molecule has 0 bridgehead atoms. The summed E-state index contributed by atoms with van der Waals surface area (Å²) < 4.78 is 34.3. The van der Waals surface area contributed by atoms with Crippen LogP contribution in [0.4, 0.5) is 0 Å². The summed E-state index contributed by atoms with van der Waals surface area (Å²) in [6.45, 7) is 1.00. The first kappa shape index (κ1) is 19.3. The van der Waals surface area contributed by atoms with Crippen molar-refractivity contribution in [1.29, 1.82) is 0 Å². The van der Waals surface area contributed by atoms with Crippen molar-refractivity contribution < 1.29 is 23.0 Å². The second-order valence-electron chi connectivity index (χ2n) is 6.12. The Morgan fingerprint density at radius 1 is 1.25 bits per heavy atom. The van der Waals surface area contributed by atoms with Crippen molar-refractivity contribution >= 4 is 44.4 Å². The third kappa shape index (κ3) is 3.91. The highest BCUT2D eigenvalue weighted by Gasteiger charge is 2.18. The second-order valence-corrected chi connectivity index (χ2v) is 9.06. The van der Waals surface area contributed by atoms with Gasteiger partial charge in [-0.2, -0.15) is 0 Å². The molecule has 1 aliphatic rings. The Bertz CT molecular complexity index is 1110. The molecular weight excluding hydrogens is 426 g/mol. The SMILES string of the molecule is NS(=O)(=O)c1cc(C(O)CSc2nc3cc4c(cc3[nH]2)OCCO4)ccc1Cl. The van der Waals surface area contributed by atoms with Crippen LogP contribution in [0.3, 0.4) is 0 Å². The van der Waals surface area contributed by atoms with Crippen LogP contribution in [-0.4, -0.2) is 42.5 Å². The predicted molar refractivity (Wildman–Crippen MR) is 106 cm³/mol. The number of fused-ring (bicyclic) bond motifs is 2. The molecule has 11 heteroatoms. The molecule has 1 unspecified atom stereocenters. The Kier molecular flexibility index (Phi) is 5.15. The molecule has 0 amide bonds. The number of ether oxygens (including phenoxy) is 2. The zero-order chi connectivity index (χ0) is 19.9. The Hall–Kier alpha value is -1.98. The van der Waals surface area contributed by atoms with Crippen LogP contribution in [0, 0.1) is 0 Å². The summed E-state index contributed by atoms with van der Waals surface area (Å²) in [5.74, 6) is 1.56. The molecule has 2 heterocycles. The van der Waals surface area contributed by atoms with E-state index in [0.717, 1.165) is 11.0 Å². The molecule has 8 nitrogen and oxygen atoms in total. The fourth-order valence-corrected chi connectivity index (χ4v) is 4.72. The van der Waals surface area contributed by atoms with Gasteiger partial charge in [0.2, 0.25) is 10.0 Å². The molecule has 0 fully saturated rings. The van der Waals surface area contributed by atoms with E-state index in [1.54, 1.807) is 12.1 Å². The van der Waals surface area contributed by atoms with Gasteiger partial charge in [-0.1, -0.05) is 29.4 Å². The third-order valence-corrected chi connectivity index (χ3v) is 6.49. The van der Waals surface area contributed by atoms with E-state index in [9.17, 15) is 13.5 Å². The maximum atomic E-state index is 11.6. The van der Waals surface area contributed by atoms with Gasteiger partial charge < -0.3 is 19.6 Å². The number of hydrogen-bond acceptors (Lipinski definition) is 7. The zero-order valence-electron chi connectivity index (χ0n) is 14.4. The summed E-state index contributed by atoms with van der Waals surface area (Å²) in [5, 5.41) is 16.2. The number of benzene rings is 2. The lowest BCUT2D eigenvalue weighted by molar-refractivity contribution is 0.172.